The van der Waals surface area contributed by atoms with Crippen molar-refractivity contribution < 1.29 is 22.7 Å². The van der Waals surface area contributed by atoms with Gasteiger partial charge in [0.25, 0.3) is 0 Å². The maximum absolute atomic E-state index is 12.3. The van der Waals surface area contributed by atoms with Gasteiger partial charge in [-0.25, -0.2) is 4.79 Å². The zero-order valence-corrected chi connectivity index (χ0v) is 10.3. The Morgan fingerprint density at radius 3 is 2.37 bits per heavy atom. The zero-order valence-electron chi connectivity index (χ0n) is 10.3. The van der Waals surface area contributed by atoms with Crippen molar-refractivity contribution in [2.45, 2.75) is 13.1 Å². The number of hydrogen-bond donors (Lipinski definition) is 0. The van der Waals surface area contributed by atoms with Gasteiger partial charge in [-0.05, 0) is 24.6 Å². The molecule has 2 nitrogen and oxygen atoms in total. The molecule has 0 N–H and O–H groups in total. The lowest BCUT2D eigenvalue weighted by molar-refractivity contribution is -0.138. The van der Waals surface area contributed by atoms with Crippen molar-refractivity contribution in [1.82, 2.24) is 0 Å². The van der Waals surface area contributed by atoms with Crippen LogP contribution in [-0.2, 0) is 15.7 Å². The summed E-state index contributed by atoms with van der Waals surface area (Å²) in [6.45, 7) is 2.00. The van der Waals surface area contributed by atoms with E-state index in [1.807, 2.05) is 0 Å². The molecule has 0 saturated heterocycles. The Bertz CT molecular complexity index is 470. The minimum Gasteiger partial charge on any atom is -0.463 e. The Morgan fingerprint density at radius 2 is 1.84 bits per heavy atom. The number of hydrogen-bond acceptors (Lipinski definition) is 2. The van der Waals surface area contributed by atoms with Crippen LogP contribution in [0.2, 0.25) is 0 Å². The SMILES string of the molecule is CCOC(=O)/C=C/C=C/c1ccc(C(F)(F)F)cc1. The van der Waals surface area contributed by atoms with Gasteiger partial charge in [0.05, 0.1) is 12.2 Å². The predicted octanol–water partition coefficient (Wildman–Crippen LogP) is 3.84. The molecule has 19 heavy (non-hydrogen) atoms. The number of benzene rings is 1. The third-order valence-electron chi connectivity index (χ3n) is 2.16. The molecule has 0 aliphatic heterocycles. The molecule has 0 bridgehead atoms. The predicted molar refractivity (Wildman–Crippen MR) is 66.3 cm³/mol. The van der Waals surface area contributed by atoms with Crippen LogP contribution < -0.4 is 0 Å². The maximum Gasteiger partial charge on any atom is 0.416 e. The van der Waals surface area contributed by atoms with E-state index >= 15 is 0 Å². The van der Waals surface area contributed by atoms with E-state index in [-0.39, 0.29) is 0 Å². The highest BCUT2D eigenvalue weighted by Gasteiger charge is 2.29. The van der Waals surface area contributed by atoms with E-state index < -0.39 is 17.7 Å². The number of carbonyl (C=O) groups is 1. The molecular formula is C14H13F3O2. The van der Waals surface area contributed by atoms with Crippen LogP contribution in [0.5, 0.6) is 0 Å². The van der Waals surface area contributed by atoms with Gasteiger partial charge in [-0.2, -0.15) is 13.2 Å². The summed E-state index contributed by atoms with van der Waals surface area (Å²) in [4.78, 5) is 10.9. The molecule has 0 aromatic heterocycles. The van der Waals surface area contributed by atoms with E-state index in [1.165, 1.54) is 24.3 Å². The molecule has 5 heteroatoms. The number of carbonyl (C=O) groups excluding carboxylic acids is 1. The van der Waals surface area contributed by atoms with Crippen LogP contribution in [0.25, 0.3) is 6.08 Å². The molecule has 0 aliphatic carbocycles. The second kappa shape index (κ2) is 6.78. The molecule has 0 aliphatic rings. The van der Waals surface area contributed by atoms with Crippen LogP contribution in [0.4, 0.5) is 13.2 Å². The molecule has 102 valence electrons. The lowest BCUT2D eigenvalue weighted by Crippen LogP contribution is -2.03. The smallest absolute Gasteiger partial charge is 0.416 e. The number of halogens is 3. The second-order valence-electron chi connectivity index (χ2n) is 3.59. The Kier molecular flexibility index (Phi) is 5.36. The highest BCUT2D eigenvalue weighted by Crippen LogP contribution is 2.29. The quantitative estimate of drug-likeness (QED) is 0.472. The molecule has 1 rings (SSSR count). The van der Waals surface area contributed by atoms with Crippen LogP contribution >= 0.6 is 0 Å². The van der Waals surface area contributed by atoms with Gasteiger partial charge in [0, 0.05) is 6.08 Å². The fourth-order valence-electron chi connectivity index (χ4n) is 1.27. The van der Waals surface area contributed by atoms with E-state index in [0.717, 1.165) is 12.1 Å². The Balaban J connectivity index is 2.61. The Hall–Kier alpha value is -2.04. The first kappa shape index (κ1) is 15.0. The standard InChI is InChI=1S/C14H13F3O2/c1-2-19-13(18)6-4-3-5-11-7-9-12(10-8-11)14(15,16)17/h3-10H,2H2,1H3/b5-3+,6-4+. The van der Waals surface area contributed by atoms with Crippen LogP contribution in [-0.4, -0.2) is 12.6 Å². The van der Waals surface area contributed by atoms with Gasteiger partial charge in [0.15, 0.2) is 0 Å². The molecule has 1 aromatic carbocycles. The van der Waals surface area contributed by atoms with Gasteiger partial charge in [-0.3, -0.25) is 0 Å². The first-order valence-electron chi connectivity index (χ1n) is 5.62. The average Bonchev–Trinajstić information content (AvgIpc) is 2.34. The van der Waals surface area contributed by atoms with Crippen molar-refractivity contribution in [3.63, 3.8) is 0 Å². The van der Waals surface area contributed by atoms with Gasteiger partial charge in [-0.1, -0.05) is 30.4 Å². The molecule has 0 amide bonds. The molecule has 0 unspecified atom stereocenters. The normalized spacial score (nSPS) is 12.2. The van der Waals surface area contributed by atoms with Crippen molar-refractivity contribution in [2.75, 3.05) is 6.61 Å². The summed E-state index contributed by atoms with van der Waals surface area (Å²) >= 11 is 0. The largest absolute Gasteiger partial charge is 0.463 e. The highest BCUT2D eigenvalue weighted by molar-refractivity contribution is 5.82. The van der Waals surface area contributed by atoms with Crippen molar-refractivity contribution in [3.8, 4) is 0 Å². The number of rotatable bonds is 4. The molecular weight excluding hydrogens is 257 g/mol. The second-order valence-corrected chi connectivity index (χ2v) is 3.59. The lowest BCUT2D eigenvalue weighted by Gasteiger charge is -2.05. The first-order valence-corrected chi connectivity index (χ1v) is 5.62. The topological polar surface area (TPSA) is 26.3 Å². The van der Waals surface area contributed by atoms with E-state index in [0.29, 0.717) is 12.2 Å². The number of ether oxygens (including phenoxy) is 1. The molecule has 0 atom stereocenters. The van der Waals surface area contributed by atoms with Crippen molar-refractivity contribution in [1.29, 1.82) is 0 Å². The minimum atomic E-state index is -4.33. The molecule has 0 fully saturated rings. The average molecular weight is 270 g/mol. The zero-order chi connectivity index (χ0) is 14.3. The summed E-state index contributed by atoms with van der Waals surface area (Å²) in [5, 5.41) is 0. The molecule has 1 aromatic rings. The molecule has 0 heterocycles. The van der Waals surface area contributed by atoms with Gasteiger partial charge in [0.2, 0.25) is 0 Å². The van der Waals surface area contributed by atoms with Gasteiger partial charge < -0.3 is 4.74 Å². The van der Waals surface area contributed by atoms with Crippen LogP contribution in [0.1, 0.15) is 18.1 Å². The fourth-order valence-corrected chi connectivity index (χ4v) is 1.27. The lowest BCUT2D eigenvalue weighted by atomic mass is 10.1. The van der Waals surface area contributed by atoms with Gasteiger partial charge in [-0.15, -0.1) is 0 Å². The van der Waals surface area contributed by atoms with Crippen molar-refractivity contribution in [3.05, 3.63) is 53.6 Å². The molecule has 0 saturated carbocycles. The number of allylic oxidation sites excluding steroid dienone is 2. The minimum absolute atomic E-state index is 0.297. The fraction of sp³-hybridized carbons (Fsp3) is 0.214. The Morgan fingerprint density at radius 1 is 1.21 bits per heavy atom. The van der Waals surface area contributed by atoms with Crippen molar-refractivity contribution in [2.24, 2.45) is 0 Å². The van der Waals surface area contributed by atoms with Gasteiger partial charge >= 0.3 is 12.1 Å². The maximum atomic E-state index is 12.3. The number of esters is 1. The van der Waals surface area contributed by atoms with Crippen LogP contribution in [0.3, 0.4) is 0 Å². The van der Waals surface area contributed by atoms with E-state index in [4.69, 9.17) is 0 Å². The summed E-state index contributed by atoms with van der Waals surface area (Å²) in [5.41, 5.74) is -0.0757. The van der Waals surface area contributed by atoms with E-state index in [2.05, 4.69) is 4.74 Å². The molecule has 0 radical (unpaired) electrons. The monoisotopic (exact) mass is 270 g/mol. The third-order valence-corrected chi connectivity index (χ3v) is 2.16. The first-order chi connectivity index (χ1) is 8.93. The van der Waals surface area contributed by atoms with E-state index in [1.54, 1.807) is 19.1 Å². The highest BCUT2D eigenvalue weighted by atomic mass is 19.4. The summed E-state index contributed by atoms with van der Waals surface area (Å²) in [6.07, 6.45) is 1.53. The summed E-state index contributed by atoms with van der Waals surface area (Å²) in [7, 11) is 0. The van der Waals surface area contributed by atoms with E-state index in [9.17, 15) is 18.0 Å². The Labute approximate surface area is 109 Å². The summed E-state index contributed by atoms with van der Waals surface area (Å²) in [5.74, 6) is -0.459. The summed E-state index contributed by atoms with van der Waals surface area (Å²) < 4.78 is 41.6. The number of alkyl halides is 3. The summed E-state index contributed by atoms with van der Waals surface area (Å²) in [6, 6.07) is 4.73. The third kappa shape index (κ3) is 5.42. The van der Waals surface area contributed by atoms with Gasteiger partial charge in [0.1, 0.15) is 0 Å². The van der Waals surface area contributed by atoms with Crippen LogP contribution in [0, 0.1) is 0 Å². The van der Waals surface area contributed by atoms with Crippen molar-refractivity contribution >= 4 is 12.0 Å². The molecule has 0 spiro atoms. The van der Waals surface area contributed by atoms with Crippen LogP contribution in [0.15, 0.2) is 42.5 Å².